The summed E-state index contributed by atoms with van der Waals surface area (Å²) in [6, 6.07) is 13.7. The summed E-state index contributed by atoms with van der Waals surface area (Å²) in [5, 5.41) is 9.84. The molecule has 31 heavy (non-hydrogen) atoms. The fourth-order valence-corrected chi connectivity index (χ4v) is 4.33. The first-order valence-corrected chi connectivity index (χ1v) is 10.5. The average molecular weight is 438 g/mol. The minimum Gasteiger partial charge on any atom is -0.493 e. The summed E-state index contributed by atoms with van der Waals surface area (Å²) < 4.78 is 20.0. The third kappa shape index (κ3) is 3.65. The van der Waals surface area contributed by atoms with Crippen LogP contribution >= 0.6 is 11.6 Å². The van der Waals surface area contributed by atoms with E-state index in [-0.39, 0.29) is 6.10 Å². The maximum Gasteiger partial charge on any atom is 0.166 e. The number of halogens is 1. The van der Waals surface area contributed by atoms with Crippen molar-refractivity contribution in [2.45, 2.75) is 38.9 Å². The molecule has 4 rings (SSSR count). The van der Waals surface area contributed by atoms with Crippen LogP contribution in [-0.4, -0.2) is 23.8 Å². The van der Waals surface area contributed by atoms with E-state index in [4.69, 9.17) is 30.8 Å². The molecule has 6 nitrogen and oxygen atoms in total. The molecule has 0 radical (unpaired) electrons. The highest BCUT2D eigenvalue weighted by Crippen LogP contribution is 2.46. The smallest absolute Gasteiger partial charge is 0.166 e. The lowest BCUT2D eigenvalue weighted by molar-refractivity contribution is -0.000559. The van der Waals surface area contributed by atoms with Crippen molar-refractivity contribution in [1.82, 2.24) is 9.55 Å². The van der Waals surface area contributed by atoms with Crippen molar-refractivity contribution in [3.05, 3.63) is 69.8 Å². The first kappa shape index (κ1) is 21.2. The van der Waals surface area contributed by atoms with Crippen LogP contribution in [0.5, 0.6) is 11.5 Å². The lowest BCUT2D eigenvalue weighted by Gasteiger charge is -2.25. The maximum atomic E-state index is 9.23. The highest BCUT2D eigenvalue weighted by Gasteiger charge is 2.34. The van der Waals surface area contributed by atoms with E-state index in [9.17, 15) is 5.26 Å². The van der Waals surface area contributed by atoms with Crippen LogP contribution in [0.1, 0.15) is 53.4 Å². The molecule has 0 N–H and O–H groups in total. The van der Waals surface area contributed by atoms with Gasteiger partial charge in [0.25, 0.3) is 0 Å². The summed E-state index contributed by atoms with van der Waals surface area (Å²) in [6.07, 6.45) is 0.0222. The second-order valence-corrected chi connectivity index (χ2v) is 7.90. The molecule has 7 heteroatoms. The molecule has 0 unspecified atom stereocenters. The summed E-state index contributed by atoms with van der Waals surface area (Å²) in [5.74, 6) is 2.01. The van der Waals surface area contributed by atoms with Crippen molar-refractivity contribution in [1.29, 1.82) is 5.26 Å². The lowest BCUT2D eigenvalue weighted by atomic mass is 9.98. The highest BCUT2D eigenvalue weighted by atomic mass is 35.5. The number of aryl methyl sites for hydroxylation is 1. The van der Waals surface area contributed by atoms with E-state index in [0.29, 0.717) is 29.4 Å². The van der Waals surface area contributed by atoms with Gasteiger partial charge in [-0.25, -0.2) is 4.98 Å². The Hall–Kier alpha value is -3.01. The molecule has 1 aliphatic rings. The van der Waals surface area contributed by atoms with Crippen LogP contribution in [0.2, 0.25) is 5.02 Å². The van der Waals surface area contributed by atoms with Gasteiger partial charge in [-0.05, 0) is 44.5 Å². The van der Waals surface area contributed by atoms with Crippen LogP contribution in [0, 0.1) is 25.2 Å². The van der Waals surface area contributed by atoms with E-state index >= 15 is 0 Å². The maximum absolute atomic E-state index is 9.23. The number of imidazole rings is 1. The van der Waals surface area contributed by atoms with Crippen molar-refractivity contribution in [3.63, 3.8) is 0 Å². The monoisotopic (exact) mass is 437 g/mol. The number of nitrogens with zero attached hydrogens (tertiary/aromatic N) is 3. The number of nitriles is 1. The molecule has 0 spiro atoms. The number of benzene rings is 2. The van der Waals surface area contributed by atoms with Gasteiger partial charge in [0.1, 0.15) is 18.0 Å². The predicted octanol–water partition coefficient (Wildman–Crippen LogP) is 5.62. The van der Waals surface area contributed by atoms with Gasteiger partial charge in [0.2, 0.25) is 0 Å². The molecule has 1 aliphatic heterocycles. The molecule has 2 aromatic carbocycles. The Balaban J connectivity index is 1.99. The first-order chi connectivity index (χ1) is 15.0. The van der Waals surface area contributed by atoms with Gasteiger partial charge in [-0.2, -0.15) is 5.26 Å². The van der Waals surface area contributed by atoms with E-state index in [0.717, 1.165) is 34.0 Å². The quantitative estimate of drug-likeness (QED) is 0.517. The zero-order valence-electron chi connectivity index (χ0n) is 18.0. The summed E-state index contributed by atoms with van der Waals surface area (Å²) in [5.41, 5.74) is 4.64. The Morgan fingerprint density at radius 1 is 1.16 bits per heavy atom. The molecule has 3 aromatic rings. The molecule has 0 saturated heterocycles. The van der Waals surface area contributed by atoms with Crippen molar-refractivity contribution >= 4 is 11.6 Å². The molecule has 2 heterocycles. The zero-order valence-corrected chi connectivity index (χ0v) is 18.7. The summed E-state index contributed by atoms with van der Waals surface area (Å²) in [7, 11) is 3.22. The number of ether oxygens (including phenoxy) is 3. The minimum atomic E-state index is -0.483. The van der Waals surface area contributed by atoms with Crippen LogP contribution in [-0.2, 0) is 4.74 Å². The molecule has 0 bridgehead atoms. The van der Waals surface area contributed by atoms with Crippen molar-refractivity contribution in [2.24, 2.45) is 0 Å². The summed E-state index contributed by atoms with van der Waals surface area (Å²) >= 11 is 6.43. The van der Waals surface area contributed by atoms with Gasteiger partial charge < -0.3 is 14.2 Å². The number of fused-ring (bicyclic) bond motifs is 3. The van der Waals surface area contributed by atoms with Crippen LogP contribution in [0.25, 0.3) is 5.69 Å². The third-order valence-electron chi connectivity index (χ3n) is 5.71. The van der Waals surface area contributed by atoms with Gasteiger partial charge in [0.05, 0.1) is 31.7 Å². The van der Waals surface area contributed by atoms with Crippen molar-refractivity contribution in [3.8, 4) is 23.3 Å². The largest absolute Gasteiger partial charge is 0.493 e. The van der Waals surface area contributed by atoms with Crippen molar-refractivity contribution in [2.75, 3.05) is 14.2 Å². The Morgan fingerprint density at radius 2 is 1.97 bits per heavy atom. The lowest BCUT2D eigenvalue weighted by Crippen LogP contribution is -2.12. The van der Waals surface area contributed by atoms with Gasteiger partial charge in [-0.3, -0.25) is 4.57 Å². The van der Waals surface area contributed by atoms with Crippen LogP contribution in [0.4, 0.5) is 0 Å². The number of para-hydroxylation sites is 1. The Labute approximate surface area is 186 Å². The predicted molar refractivity (Wildman–Crippen MR) is 118 cm³/mol. The number of rotatable bonds is 5. The van der Waals surface area contributed by atoms with Crippen LogP contribution < -0.4 is 9.47 Å². The Kier molecular flexibility index (Phi) is 5.90. The Morgan fingerprint density at radius 3 is 2.68 bits per heavy atom. The van der Waals surface area contributed by atoms with Crippen LogP contribution in [0.15, 0.2) is 36.4 Å². The van der Waals surface area contributed by atoms with Crippen LogP contribution in [0.3, 0.4) is 0 Å². The minimum absolute atomic E-state index is 0.356. The molecular weight excluding hydrogens is 414 g/mol. The standard InChI is InChI=1S/C24H24ClN3O3/c1-14-15(2)28-19-11-10-16(25)13-18(19)22(31-21(9-6-12-26)24(28)27-14)17-7-5-8-20(29-3)23(17)30-4/h5,7-8,10-11,13,21-22H,6,9H2,1-4H3/t21-,22-/m1/s1. The molecule has 160 valence electrons. The van der Waals surface area contributed by atoms with E-state index in [1.54, 1.807) is 14.2 Å². The van der Waals surface area contributed by atoms with Gasteiger partial charge in [0, 0.05) is 28.3 Å². The molecule has 0 saturated carbocycles. The fraction of sp³-hybridized carbons (Fsp3) is 0.333. The van der Waals surface area contributed by atoms with E-state index in [2.05, 4.69) is 10.6 Å². The molecule has 0 amide bonds. The third-order valence-corrected chi connectivity index (χ3v) is 5.94. The second kappa shape index (κ2) is 8.62. The van der Waals surface area contributed by atoms with Gasteiger partial charge in [-0.15, -0.1) is 0 Å². The Bertz CT molecular complexity index is 1170. The van der Waals surface area contributed by atoms with E-state index in [1.807, 2.05) is 50.2 Å². The number of methoxy groups -OCH3 is 2. The molecule has 0 aliphatic carbocycles. The molecular formula is C24H24ClN3O3. The first-order valence-electron chi connectivity index (χ1n) is 10.1. The fourth-order valence-electron chi connectivity index (χ4n) is 4.15. The molecule has 2 atom stereocenters. The zero-order chi connectivity index (χ0) is 22.1. The second-order valence-electron chi connectivity index (χ2n) is 7.46. The summed E-state index contributed by atoms with van der Waals surface area (Å²) in [6.45, 7) is 4.02. The van der Waals surface area contributed by atoms with Gasteiger partial charge >= 0.3 is 0 Å². The van der Waals surface area contributed by atoms with Gasteiger partial charge in [0.15, 0.2) is 11.5 Å². The van der Waals surface area contributed by atoms with E-state index < -0.39 is 6.10 Å². The normalized spacial score (nSPS) is 17.3. The van der Waals surface area contributed by atoms with Crippen molar-refractivity contribution < 1.29 is 14.2 Å². The topological polar surface area (TPSA) is 69.3 Å². The highest BCUT2D eigenvalue weighted by molar-refractivity contribution is 6.30. The SMILES string of the molecule is COc1cccc([C@H]2O[C@H](CCC#N)c3nc(C)c(C)n3-c3ccc(Cl)cc32)c1OC. The number of hydrogen-bond acceptors (Lipinski definition) is 5. The average Bonchev–Trinajstić information content (AvgIpc) is 3.00. The molecule has 1 aromatic heterocycles. The number of aromatic nitrogens is 2. The molecule has 0 fully saturated rings. The number of hydrogen-bond donors (Lipinski definition) is 0. The van der Waals surface area contributed by atoms with Gasteiger partial charge in [-0.1, -0.05) is 23.7 Å². The van der Waals surface area contributed by atoms with E-state index in [1.165, 1.54) is 0 Å². The summed E-state index contributed by atoms with van der Waals surface area (Å²) in [4.78, 5) is 4.81.